The van der Waals surface area contributed by atoms with Gasteiger partial charge in [-0.1, -0.05) is 6.07 Å². The maximum Gasteiger partial charge on any atom is 0.345 e. The molecule has 0 aliphatic rings. The summed E-state index contributed by atoms with van der Waals surface area (Å²) in [6.45, 7) is 1.91. The smallest absolute Gasteiger partial charge is 0.345 e. The highest BCUT2D eigenvalue weighted by Crippen LogP contribution is 2.36. The van der Waals surface area contributed by atoms with E-state index in [1.165, 1.54) is 11.3 Å². The van der Waals surface area contributed by atoms with Gasteiger partial charge in [-0.3, -0.25) is 0 Å². The lowest BCUT2D eigenvalue weighted by Crippen LogP contribution is -2.06. The molecule has 0 amide bonds. The third kappa shape index (κ3) is 2.19. The Morgan fingerprint density at radius 1 is 1.19 bits per heavy atom. The zero-order valence-electron chi connectivity index (χ0n) is 11.9. The first kappa shape index (κ1) is 13.7. The number of hydrogen-bond acceptors (Lipinski definition) is 5. The topological polar surface area (TPSA) is 48.7 Å². The Morgan fingerprint density at radius 3 is 2.62 bits per heavy atom. The summed E-state index contributed by atoms with van der Waals surface area (Å²) in [5.74, 6) is 1.22. The molecule has 1 aromatic carbocycles. The van der Waals surface area contributed by atoms with Crippen molar-refractivity contribution in [1.82, 2.24) is 0 Å². The van der Waals surface area contributed by atoms with Crippen molar-refractivity contribution in [2.24, 2.45) is 0 Å². The minimum absolute atomic E-state index is 0.349. The fourth-order valence-corrected chi connectivity index (χ4v) is 3.25. The number of thiophene rings is 1. The summed E-state index contributed by atoms with van der Waals surface area (Å²) in [6.07, 6.45) is 0. The van der Waals surface area contributed by atoms with Crippen LogP contribution in [0.5, 0.6) is 11.5 Å². The van der Waals surface area contributed by atoms with Crippen LogP contribution < -0.4 is 15.1 Å². The van der Waals surface area contributed by atoms with Gasteiger partial charge in [-0.2, -0.15) is 0 Å². The summed E-state index contributed by atoms with van der Waals surface area (Å²) in [7, 11) is 3.15. The predicted molar refractivity (Wildman–Crippen MR) is 83.6 cm³/mol. The average molecular weight is 302 g/mol. The molecule has 0 radical (unpaired) electrons. The maximum absolute atomic E-state index is 12.3. The zero-order valence-corrected chi connectivity index (χ0v) is 12.7. The van der Waals surface area contributed by atoms with Gasteiger partial charge in [0.2, 0.25) is 0 Å². The van der Waals surface area contributed by atoms with Gasteiger partial charge in [-0.05, 0) is 23.9 Å². The molecule has 4 nitrogen and oxygen atoms in total. The van der Waals surface area contributed by atoms with E-state index in [-0.39, 0.29) is 5.63 Å². The van der Waals surface area contributed by atoms with E-state index in [0.29, 0.717) is 22.6 Å². The van der Waals surface area contributed by atoms with E-state index in [9.17, 15) is 4.79 Å². The van der Waals surface area contributed by atoms with Crippen LogP contribution in [0, 0.1) is 6.92 Å². The highest BCUT2D eigenvalue weighted by molar-refractivity contribution is 7.13. The van der Waals surface area contributed by atoms with E-state index >= 15 is 0 Å². The van der Waals surface area contributed by atoms with Gasteiger partial charge < -0.3 is 13.9 Å². The summed E-state index contributed by atoms with van der Waals surface area (Å²) in [6, 6.07) is 7.30. The second-order valence-corrected chi connectivity index (χ2v) is 5.52. The van der Waals surface area contributed by atoms with Crippen LogP contribution in [0.3, 0.4) is 0 Å². The Hall–Kier alpha value is -2.27. The number of methoxy groups -OCH3 is 2. The van der Waals surface area contributed by atoms with E-state index in [1.54, 1.807) is 26.4 Å². The molecular formula is C16H14O4S. The molecule has 0 N–H and O–H groups in total. The lowest BCUT2D eigenvalue weighted by Gasteiger charge is -2.12. The molecule has 2 heterocycles. The van der Waals surface area contributed by atoms with Crippen LogP contribution in [0.2, 0.25) is 0 Å². The Balaban J connectivity index is 2.42. The van der Waals surface area contributed by atoms with E-state index in [0.717, 1.165) is 15.8 Å². The summed E-state index contributed by atoms with van der Waals surface area (Å²) < 4.78 is 16.1. The second-order valence-electron chi connectivity index (χ2n) is 4.57. The molecule has 2 aromatic heterocycles. The van der Waals surface area contributed by atoms with Crippen molar-refractivity contribution in [2.75, 3.05) is 14.2 Å². The molecule has 0 spiro atoms. The van der Waals surface area contributed by atoms with Crippen molar-refractivity contribution < 1.29 is 13.9 Å². The van der Waals surface area contributed by atoms with Gasteiger partial charge in [0.15, 0.2) is 0 Å². The molecule has 3 rings (SSSR count). The van der Waals surface area contributed by atoms with Gasteiger partial charge >= 0.3 is 5.63 Å². The number of ether oxygens (including phenoxy) is 2. The van der Waals surface area contributed by atoms with Crippen molar-refractivity contribution in [3.05, 3.63) is 45.6 Å². The van der Waals surface area contributed by atoms with Crippen molar-refractivity contribution in [3.8, 4) is 21.9 Å². The van der Waals surface area contributed by atoms with Crippen LogP contribution in [-0.2, 0) is 0 Å². The lowest BCUT2D eigenvalue weighted by molar-refractivity contribution is 0.396. The molecule has 0 atom stereocenters. The Labute approximate surface area is 125 Å². The first-order valence-corrected chi connectivity index (χ1v) is 7.27. The molecule has 0 aliphatic heterocycles. The fourth-order valence-electron chi connectivity index (χ4n) is 2.43. The molecule has 0 bridgehead atoms. The number of aryl methyl sites for hydroxylation is 1. The van der Waals surface area contributed by atoms with Gasteiger partial charge in [-0.25, -0.2) is 4.79 Å². The van der Waals surface area contributed by atoms with E-state index in [2.05, 4.69) is 0 Å². The highest BCUT2D eigenvalue weighted by Gasteiger charge is 2.18. The molecule has 108 valence electrons. The normalized spacial score (nSPS) is 10.8. The summed E-state index contributed by atoms with van der Waals surface area (Å²) >= 11 is 1.51. The van der Waals surface area contributed by atoms with Crippen LogP contribution in [0.1, 0.15) is 5.56 Å². The fraction of sp³-hybridized carbons (Fsp3) is 0.188. The van der Waals surface area contributed by atoms with Gasteiger partial charge in [0.1, 0.15) is 17.1 Å². The monoisotopic (exact) mass is 302 g/mol. The molecule has 0 saturated carbocycles. The van der Waals surface area contributed by atoms with E-state index in [1.807, 2.05) is 24.4 Å². The Bertz CT molecular complexity index is 847. The second kappa shape index (κ2) is 5.26. The van der Waals surface area contributed by atoms with Gasteiger partial charge in [0.05, 0.1) is 25.2 Å². The van der Waals surface area contributed by atoms with Crippen LogP contribution >= 0.6 is 11.3 Å². The van der Waals surface area contributed by atoms with Gasteiger partial charge in [-0.15, -0.1) is 11.3 Å². The summed E-state index contributed by atoms with van der Waals surface area (Å²) in [4.78, 5) is 13.2. The zero-order chi connectivity index (χ0) is 15.0. The van der Waals surface area contributed by atoms with Gasteiger partial charge in [0.25, 0.3) is 0 Å². The van der Waals surface area contributed by atoms with Crippen LogP contribution in [0.4, 0.5) is 0 Å². The minimum Gasteiger partial charge on any atom is -0.496 e. The molecule has 0 fully saturated rings. The minimum atomic E-state index is -0.349. The predicted octanol–water partition coefficient (Wildman–Crippen LogP) is 3.85. The van der Waals surface area contributed by atoms with Crippen molar-refractivity contribution in [3.63, 3.8) is 0 Å². The molecule has 5 heteroatoms. The van der Waals surface area contributed by atoms with Crippen molar-refractivity contribution in [1.29, 1.82) is 0 Å². The van der Waals surface area contributed by atoms with E-state index in [4.69, 9.17) is 13.9 Å². The third-order valence-electron chi connectivity index (χ3n) is 3.42. The van der Waals surface area contributed by atoms with Crippen LogP contribution in [-0.4, -0.2) is 14.2 Å². The highest BCUT2D eigenvalue weighted by atomic mass is 32.1. The molecular weight excluding hydrogens is 288 g/mol. The number of hydrogen-bond donors (Lipinski definition) is 0. The average Bonchev–Trinajstić information content (AvgIpc) is 2.99. The van der Waals surface area contributed by atoms with Gasteiger partial charge in [0, 0.05) is 17.0 Å². The third-order valence-corrected chi connectivity index (χ3v) is 4.31. The first-order valence-electron chi connectivity index (χ1n) is 6.39. The lowest BCUT2D eigenvalue weighted by atomic mass is 10.0. The van der Waals surface area contributed by atoms with Crippen molar-refractivity contribution in [2.45, 2.75) is 6.92 Å². The van der Waals surface area contributed by atoms with Crippen LogP contribution in [0.25, 0.3) is 21.4 Å². The van der Waals surface area contributed by atoms with E-state index < -0.39 is 0 Å². The maximum atomic E-state index is 12.3. The molecule has 3 aromatic rings. The number of benzene rings is 1. The summed E-state index contributed by atoms with van der Waals surface area (Å²) in [5, 5.41) is 2.73. The standard InChI is InChI=1S/C16H14O4S/c1-9-14-11(19-3)7-10(18-2)8-12(14)20-16(17)15(9)13-5-4-6-21-13/h4-8H,1-3H3. The van der Waals surface area contributed by atoms with Crippen molar-refractivity contribution >= 4 is 22.3 Å². The number of fused-ring (bicyclic) bond motifs is 1. The first-order chi connectivity index (χ1) is 10.2. The Morgan fingerprint density at radius 2 is 2.00 bits per heavy atom. The SMILES string of the molecule is COc1cc(OC)c2c(C)c(-c3cccs3)c(=O)oc2c1. The molecule has 0 saturated heterocycles. The largest absolute Gasteiger partial charge is 0.496 e. The van der Waals surface area contributed by atoms with Crippen LogP contribution in [0.15, 0.2) is 38.9 Å². The number of rotatable bonds is 3. The quantitative estimate of drug-likeness (QED) is 0.690. The molecule has 0 unspecified atom stereocenters. The summed E-state index contributed by atoms with van der Waals surface area (Å²) in [5.41, 5.74) is 1.55. The molecule has 0 aliphatic carbocycles. The Kier molecular flexibility index (Phi) is 3.43. The molecule has 21 heavy (non-hydrogen) atoms.